The number of likely N-dealkylation sites (N-methyl/N-ethyl adjacent to an activating group) is 1. The number of anilines is 1. The number of aliphatic hydroxyl groups is 1. The fourth-order valence-electron chi connectivity index (χ4n) is 4.47. The van der Waals surface area contributed by atoms with Crippen molar-refractivity contribution in [3.05, 3.63) is 47.9 Å². The number of benzene rings is 1. The molecule has 8 nitrogen and oxygen atoms in total. The number of aryl methyl sites for hydroxylation is 1. The predicted molar refractivity (Wildman–Crippen MR) is 124 cm³/mol. The second kappa shape index (κ2) is 10.6. The number of hydrogen-bond acceptors (Lipinski definition) is 8. The summed E-state index contributed by atoms with van der Waals surface area (Å²) < 4.78 is 11.3. The van der Waals surface area contributed by atoms with Gasteiger partial charge in [-0.05, 0) is 38.1 Å². The number of ether oxygens (including phenoxy) is 2. The number of morpholine rings is 1. The molecule has 0 aliphatic carbocycles. The molecular formula is C24H35N5O3. The van der Waals surface area contributed by atoms with E-state index in [0.29, 0.717) is 19.7 Å². The second-order valence-corrected chi connectivity index (χ2v) is 9.03. The van der Waals surface area contributed by atoms with Crippen LogP contribution >= 0.6 is 0 Å². The number of β-amino-alcohol motifs (C(OH)–C–C–N with tert-alkyl or cyclic N) is 1. The molecule has 3 heterocycles. The number of nitrogens with zero attached hydrogens (tertiary/aromatic N) is 5. The summed E-state index contributed by atoms with van der Waals surface area (Å²) in [6.07, 6.45) is 2.32. The Morgan fingerprint density at radius 1 is 1.16 bits per heavy atom. The van der Waals surface area contributed by atoms with Gasteiger partial charge in [0, 0.05) is 57.6 Å². The number of aromatic nitrogens is 2. The van der Waals surface area contributed by atoms with Gasteiger partial charge >= 0.3 is 0 Å². The van der Waals surface area contributed by atoms with Gasteiger partial charge in [-0.3, -0.25) is 9.80 Å². The Morgan fingerprint density at radius 2 is 1.94 bits per heavy atom. The van der Waals surface area contributed by atoms with Crippen LogP contribution in [-0.2, 0) is 11.3 Å². The van der Waals surface area contributed by atoms with E-state index in [9.17, 15) is 5.11 Å². The standard InChI is InChI=1S/C24H35N5O3/c1-20-15-23(26-19-25-20)29-8-7-24(30,18-29)17-27(2)16-21-3-5-22(6-4-21)32-14-11-28-9-12-31-13-10-28/h3-6,15,19,30H,7-14,16-18H2,1-2H3/t24-/m1/s1. The van der Waals surface area contributed by atoms with Gasteiger partial charge in [0.05, 0.1) is 18.8 Å². The summed E-state index contributed by atoms with van der Waals surface area (Å²) in [5.74, 6) is 1.79. The minimum atomic E-state index is -0.740. The molecule has 2 fully saturated rings. The lowest BCUT2D eigenvalue weighted by Crippen LogP contribution is -2.43. The summed E-state index contributed by atoms with van der Waals surface area (Å²) in [6, 6.07) is 10.3. The van der Waals surface area contributed by atoms with E-state index in [1.165, 1.54) is 5.56 Å². The van der Waals surface area contributed by atoms with Crippen LogP contribution in [0.25, 0.3) is 0 Å². The first-order valence-electron chi connectivity index (χ1n) is 11.5. The molecule has 8 heteroatoms. The highest BCUT2D eigenvalue weighted by Crippen LogP contribution is 2.26. The SMILES string of the molecule is Cc1cc(N2CC[C@@](O)(CN(C)Cc3ccc(OCCN4CCOCC4)cc3)C2)ncn1. The van der Waals surface area contributed by atoms with Crippen LogP contribution < -0.4 is 9.64 Å². The molecule has 174 valence electrons. The molecule has 1 aromatic carbocycles. The molecule has 0 unspecified atom stereocenters. The molecule has 2 saturated heterocycles. The number of rotatable bonds is 9. The van der Waals surface area contributed by atoms with Crippen molar-refractivity contribution in [2.75, 3.05) is 71.0 Å². The molecular weight excluding hydrogens is 406 g/mol. The lowest BCUT2D eigenvalue weighted by Gasteiger charge is -2.29. The summed E-state index contributed by atoms with van der Waals surface area (Å²) in [6.45, 7) is 9.96. The van der Waals surface area contributed by atoms with Crippen LogP contribution in [0.1, 0.15) is 17.7 Å². The van der Waals surface area contributed by atoms with E-state index in [-0.39, 0.29) is 0 Å². The van der Waals surface area contributed by atoms with Gasteiger partial charge in [0.25, 0.3) is 0 Å². The summed E-state index contributed by atoms with van der Waals surface area (Å²) in [5, 5.41) is 11.1. The molecule has 4 rings (SSSR count). The molecule has 1 aromatic heterocycles. The van der Waals surface area contributed by atoms with E-state index >= 15 is 0 Å². The maximum absolute atomic E-state index is 11.1. The zero-order chi connectivity index (χ0) is 22.4. The zero-order valence-corrected chi connectivity index (χ0v) is 19.2. The van der Waals surface area contributed by atoms with Gasteiger partial charge in [-0.25, -0.2) is 9.97 Å². The van der Waals surface area contributed by atoms with Crippen molar-refractivity contribution >= 4 is 5.82 Å². The average molecular weight is 442 g/mol. The van der Waals surface area contributed by atoms with E-state index in [1.807, 2.05) is 25.1 Å². The molecule has 0 amide bonds. The number of hydrogen-bond donors (Lipinski definition) is 1. The Kier molecular flexibility index (Phi) is 7.57. The minimum Gasteiger partial charge on any atom is -0.492 e. The third-order valence-electron chi connectivity index (χ3n) is 6.17. The molecule has 1 atom stereocenters. The average Bonchev–Trinajstić information content (AvgIpc) is 3.17. The Hall–Kier alpha value is -2.26. The maximum Gasteiger partial charge on any atom is 0.132 e. The molecule has 2 aliphatic rings. The lowest BCUT2D eigenvalue weighted by molar-refractivity contribution is 0.0279. The van der Waals surface area contributed by atoms with E-state index in [2.05, 4.69) is 43.8 Å². The van der Waals surface area contributed by atoms with Crippen molar-refractivity contribution in [3.8, 4) is 5.75 Å². The third kappa shape index (κ3) is 6.38. The van der Waals surface area contributed by atoms with Crippen LogP contribution in [0.5, 0.6) is 5.75 Å². The summed E-state index contributed by atoms with van der Waals surface area (Å²) in [5.41, 5.74) is 1.41. The van der Waals surface area contributed by atoms with E-state index < -0.39 is 5.60 Å². The van der Waals surface area contributed by atoms with Crippen LogP contribution in [0.3, 0.4) is 0 Å². The van der Waals surface area contributed by atoms with E-state index in [1.54, 1.807) is 6.33 Å². The van der Waals surface area contributed by atoms with Crippen molar-refractivity contribution < 1.29 is 14.6 Å². The van der Waals surface area contributed by atoms with Gasteiger partial charge in [0.2, 0.25) is 0 Å². The Morgan fingerprint density at radius 3 is 2.69 bits per heavy atom. The van der Waals surface area contributed by atoms with Crippen molar-refractivity contribution in [1.29, 1.82) is 0 Å². The molecule has 2 aromatic rings. The third-order valence-corrected chi connectivity index (χ3v) is 6.17. The van der Waals surface area contributed by atoms with Crippen LogP contribution in [-0.4, -0.2) is 96.6 Å². The van der Waals surface area contributed by atoms with Gasteiger partial charge in [0.1, 0.15) is 24.5 Å². The molecule has 0 saturated carbocycles. The van der Waals surface area contributed by atoms with Crippen molar-refractivity contribution in [3.63, 3.8) is 0 Å². The van der Waals surface area contributed by atoms with Gasteiger partial charge in [-0.1, -0.05) is 12.1 Å². The maximum atomic E-state index is 11.1. The quantitative estimate of drug-likeness (QED) is 0.629. The summed E-state index contributed by atoms with van der Waals surface area (Å²) in [4.78, 5) is 15.2. The first kappa shape index (κ1) is 22.9. The minimum absolute atomic E-state index is 0.587. The molecule has 32 heavy (non-hydrogen) atoms. The van der Waals surface area contributed by atoms with Gasteiger partial charge in [-0.15, -0.1) is 0 Å². The van der Waals surface area contributed by atoms with Gasteiger partial charge in [0.15, 0.2) is 0 Å². The van der Waals surface area contributed by atoms with Crippen LogP contribution in [0.15, 0.2) is 36.7 Å². The predicted octanol–water partition coefficient (Wildman–Crippen LogP) is 1.57. The Bertz CT molecular complexity index is 859. The van der Waals surface area contributed by atoms with Crippen LogP contribution in [0, 0.1) is 6.92 Å². The second-order valence-electron chi connectivity index (χ2n) is 9.03. The van der Waals surface area contributed by atoms with Crippen molar-refractivity contribution in [1.82, 2.24) is 19.8 Å². The highest BCUT2D eigenvalue weighted by atomic mass is 16.5. The first-order chi connectivity index (χ1) is 15.5. The highest BCUT2D eigenvalue weighted by molar-refractivity contribution is 5.41. The fourth-order valence-corrected chi connectivity index (χ4v) is 4.47. The van der Waals surface area contributed by atoms with Crippen molar-refractivity contribution in [2.24, 2.45) is 0 Å². The molecule has 0 spiro atoms. The molecule has 0 bridgehead atoms. The first-order valence-corrected chi connectivity index (χ1v) is 11.5. The molecule has 2 aliphatic heterocycles. The van der Waals surface area contributed by atoms with E-state index in [4.69, 9.17) is 9.47 Å². The Balaban J connectivity index is 1.22. The van der Waals surface area contributed by atoms with E-state index in [0.717, 1.165) is 69.6 Å². The van der Waals surface area contributed by atoms with Gasteiger partial charge < -0.3 is 19.5 Å². The smallest absolute Gasteiger partial charge is 0.132 e. The Labute approximate surface area is 190 Å². The summed E-state index contributed by atoms with van der Waals surface area (Å²) >= 11 is 0. The fraction of sp³-hybridized carbons (Fsp3) is 0.583. The highest BCUT2D eigenvalue weighted by Gasteiger charge is 2.37. The molecule has 0 radical (unpaired) electrons. The monoisotopic (exact) mass is 441 g/mol. The van der Waals surface area contributed by atoms with Crippen LogP contribution in [0.2, 0.25) is 0 Å². The van der Waals surface area contributed by atoms with Gasteiger partial charge in [-0.2, -0.15) is 0 Å². The summed E-state index contributed by atoms with van der Waals surface area (Å²) in [7, 11) is 2.06. The topological polar surface area (TPSA) is 74.2 Å². The van der Waals surface area contributed by atoms with Crippen molar-refractivity contribution in [2.45, 2.75) is 25.5 Å². The zero-order valence-electron chi connectivity index (χ0n) is 19.2. The van der Waals surface area contributed by atoms with Crippen LogP contribution in [0.4, 0.5) is 5.82 Å². The lowest BCUT2D eigenvalue weighted by atomic mass is 10.0. The largest absolute Gasteiger partial charge is 0.492 e. The normalized spacial score (nSPS) is 21.9. The molecule has 1 N–H and O–H groups in total.